The Morgan fingerprint density at radius 3 is 2.52 bits per heavy atom. The van der Waals surface area contributed by atoms with E-state index in [1.165, 1.54) is 30.0 Å². The number of benzene rings is 1. The number of nitrogens with zero attached hydrogens (tertiary/aromatic N) is 3. The molecule has 0 aliphatic rings. The van der Waals surface area contributed by atoms with Gasteiger partial charge in [-0.3, -0.25) is 14.9 Å². The fraction of sp³-hybridized carbons (Fsp3) is 0.174. The minimum Gasteiger partial charge on any atom is -0.352 e. The SMILES string of the molecule is CSc1nc(-c2cccs2)nc(C)c1C(=O)Nc1nc(-c2ccc(CNC(C)=O)cc2)cs1. The smallest absolute Gasteiger partial charge is 0.262 e. The quantitative estimate of drug-likeness (QED) is 0.269. The highest BCUT2D eigenvalue weighted by Gasteiger charge is 2.20. The molecule has 0 saturated carbocycles. The molecule has 0 bridgehead atoms. The lowest BCUT2D eigenvalue weighted by Crippen LogP contribution is -2.18. The molecule has 0 aliphatic heterocycles. The van der Waals surface area contributed by atoms with Gasteiger partial charge < -0.3 is 5.32 Å². The van der Waals surface area contributed by atoms with E-state index < -0.39 is 0 Å². The van der Waals surface area contributed by atoms with E-state index in [1.54, 1.807) is 11.3 Å². The van der Waals surface area contributed by atoms with E-state index >= 15 is 0 Å². The average molecular weight is 496 g/mol. The molecular weight excluding hydrogens is 474 g/mol. The first kappa shape index (κ1) is 23.1. The van der Waals surface area contributed by atoms with Crippen LogP contribution in [-0.2, 0) is 11.3 Å². The monoisotopic (exact) mass is 495 g/mol. The normalized spacial score (nSPS) is 10.8. The molecular formula is C23H21N5O2S3. The number of hydrogen-bond donors (Lipinski definition) is 2. The summed E-state index contributed by atoms with van der Waals surface area (Å²) in [5.74, 6) is 0.286. The van der Waals surface area contributed by atoms with Crippen molar-refractivity contribution in [2.75, 3.05) is 11.6 Å². The lowest BCUT2D eigenvalue weighted by atomic mass is 10.1. The molecule has 7 nitrogen and oxygen atoms in total. The molecule has 0 radical (unpaired) electrons. The minimum absolute atomic E-state index is 0.0645. The van der Waals surface area contributed by atoms with E-state index in [0.717, 1.165) is 21.7 Å². The number of thiophene rings is 1. The van der Waals surface area contributed by atoms with E-state index in [4.69, 9.17) is 0 Å². The summed E-state index contributed by atoms with van der Waals surface area (Å²) in [5.41, 5.74) is 3.79. The van der Waals surface area contributed by atoms with Gasteiger partial charge in [-0.15, -0.1) is 34.4 Å². The molecule has 0 fully saturated rings. The standard InChI is InChI=1S/C23H21N5O2S3/c1-13-19(22(31-3)27-20(25-13)18-5-4-10-32-18)21(30)28-23-26-17(12-33-23)16-8-6-15(7-9-16)11-24-14(2)29/h4-10,12H,11H2,1-3H3,(H,24,29)(H,26,28,30). The van der Waals surface area contributed by atoms with Crippen molar-refractivity contribution in [3.8, 4) is 22.0 Å². The molecule has 1 aromatic carbocycles. The Labute approximate surface area is 203 Å². The highest BCUT2D eigenvalue weighted by molar-refractivity contribution is 7.98. The van der Waals surface area contributed by atoms with Gasteiger partial charge in [-0.2, -0.15) is 0 Å². The van der Waals surface area contributed by atoms with Crippen molar-refractivity contribution < 1.29 is 9.59 Å². The van der Waals surface area contributed by atoms with Gasteiger partial charge in [0.25, 0.3) is 5.91 Å². The van der Waals surface area contributed by atoms with Crippen LogP contribution in [0.3, 0.4) is 0 Å². The van der Waals surface area contributed by atoms with Gasteiger partial charge >= 0.3 is 0 Å². The second kappa shape index (κ2) is 10.2. The van der Waals surface area contributed by atoms with E-state index in [2.05, 4.69) is 25.6 Å². The topological polar surface area (TPSA) is 96.9 Å². The molecule has 0 spiro atoms. The van der Waals surface area contributed by atoms with Crippen molar-refractivity contribution in [2.24, 2.45) is 0 Å². The largest absolute Gasteiger partial charge is 0.352 e. The molecule has 3 heterocycles. The summed E-state index contributed by atoms with van der Waals surface area (Å²) >= 11 is 4.34. The van der Waals surface area contributed by atoms with E-state index in [-0.39, 0.29) is 11.8 Å². The molecule has 2 amide bonds. The van der Waals surface area contributed by atoms with Crippen LogP contribution in [0.2, 0.25) is 0 Å². The van der Waals surface area contributed by atoms with Crippen LogP contribution >= 0.6 is 34.4 Å². The lowest BCUT2D eigenvalue weighted by molar-refractivity contribution is -0.119. The maximum Gasteiger partial charge on any atom is 0.262 e. The molecule has 4 rings (SSSR count). The molecule has 10 heteroatoms. The molecule has 2 N–H and O–H groups in total. The molecule has 3 aromatic heterocycles. The van der Waals surface area contributed by atoms with Gasteiger partial charge in [-0.1, -0.05) is 30.3 Å². The Bertz CT molecular complexity index is 1280. The summed E-state index contributed by atoms with van der Waals surface area (Å²) < 4.78 is 0. The Balaban J connectivity index is 1.50. The van der Waals surface area contributed by atoms with E-state index in [0.29, 0.717) is 33.8 Å². The zero-order valence-electron chi connectivity index (χ0n) is 18.2. The maximum absolute atomic E-state index is 13.1. The number of carbonyl (C=O) groups is 2. The summed E-state index contributed by atoms with van der Waals surface area (Å²) in [6.07, 6.45) is 1.90. The number of amides is 2. The summed E-state index contributed by atoms with van der Waals surface area (Å²) in [4.78, 5) is 38.8. The highest BCUT2D eigenvalue weighted by atomic mass is 32.2. The van der Waals surface area contributed by atoms with Gasteiger partial charge in [-0.05, 0) is 30.2 Å². The van der Waals surface area contributed by atoms with Crippen LogP contribution in [0.25, 0.3) is 22.0 Å². The fourth-order valence-electron chi connectivity index (χ4n) is 3.11. The van der Waals surface area contributed by atoms with Gasteiger partial charge in [0.15, 0.2) is 11.0 Å². The van der Waals surface area contributed by atoms with Crippen molar-refractivity contribution in [1.29, 1.82) is 0 Å². The molecule has 168 valence electrons. The second-order valence-electron chi connectivity index (χ2n) is 7.09. The van der Waals surface area contributed by atoms with Crippen LogP contribution in [0.15, 0.2) is 52.2 Å². The van der Waals surface area contributed by atoms with Crippen LogP contribution in [0.4, 0.5) is 5.13 Å². The molecule has 0 aliphatic carbocycles. The summed E-state index contributed by atoms with van der Waals surface area (Å²) in [6.45, 7) is 3.80. The van der Waals surface area contributed by atoms with Crippen LogP contribution in [-0.4, -0.2) is 33.0 Å². The molecule has 4 aromatic rings. The predicted molar refractivity (Wildman–Crippen MR) is 135 cm³/mol. The van der Waals surface area contributed by atoms with Crippen molar-refractivity contribution in [3.63, 3.8) is 0 Å². The third-order valence-electron chi connectivity index (χ3n) is 4.73. The number of rotatable bonds is 7. The van der Waals surface area contributed by atoms with Gasteiger partial charge in [0.1, 0.15) is 5.03 Å². The van der Waals surface area contributed by atoms with Gasteiger partial charge in [0.05, 0.1) is 21.8 Å². The number of thiazole rings is 1. The summed E-state index contributed by atoms with van der Waals surface area (Å²) in [6, 6.07) is 11.7. The van der Waals surface area contributed by atoms with E-state index in [9.17, 15) is 9.59 Å². The zero-order chi connectivity index (χ0) is 23.4. The number of nitrogens with one attached hydrogen (secondary N) is 2. The first-order chi connectivity index (χ1) is 15.9. The number of aromatic nitrogens is 3. The van der Waals surface area contributed by atoms with Crippen LogP contribution in [0.5, 0.6) is 0 Å². The summed E-state index contributed by atoms with van der Waals surface area (Å²) in [7, 11) is 0. The molecule has 0 unspecified atom stereocenters. The van der Waals surface area contributed by atoms with Crippen molar-refractivity contribution in [2.45, 2.75) is 25.4 Å². The number of aryl methyl sites for hydroxylation is 1. The van der Waals surface area contributed by atoms with Gasteiger partial charge in [0, 0.05) is 24.4 Å². The van der Waals surface area contributed by atoms with Crippen molar-refractivity contribution >= 4 is 51.4 Å². The Morgan fingerprint density at radius 1 is 1.06 bits per heavy atom. The Hall–Kier alpha value is -3.08. The highest BCUT2D eigenvalue weighted by Crippen LogP contribution is 2.29. The average Bonchev–Trinajstić information content (AvgIpc) is 3.50. The molecule has 0 atom stereocenters. The summed E-state index contributed by atoms with van der Waals surface area (Å²) in [5, 5.41) is 10.7. The molecule has 0 saturated heterocycles. The fourth-order valence-corrected chi connectivity index (χ4v) is 5.11. The third kappa shape index (κ3) is 5.47. The predicted octanol–water partition coefficient (Wildman–Crippen LogP) is 5.25. The van der Waals surface area contributed by atoms with Crippen LogP contribution < -0.4 is 10.6 Å². The van der Waals surface area contributed by atoms with Crippen LogP contribution in [0.1, 0.15) is 28.5 Å². The minimum atomic E-state index is -0.277. The van der Waals surface area contributed by atoms with Crippen molar-refractivity contribution in [3.05, 3.63) is 64.0 Å². The zero-order valence-corrected chi connectivity index (χ0v) is 20.7. The van der Waals surface area contributed by atoms with Crippen LogP contribution in [0, 0.1) is 6.92 Å². The van der Waals surface area contributed by atoms with Gasteiger partial charge in [-0.25, -0.2) is 15.0 Å². The number of anilines is 1. The number of thioether (sulfide) groups is 1. The van der Waals surface area contributed by atoms with Gasteiger partial charge in [0.2, 0.25) is 5.91 Å². The second-order valence-corrected chi connectivity index (χ2v) is 9.69. The first-order valence-corrected chi connectivity index (χ1v) is 13.0. The lowest BCUT2D eigenvalue weighted by Gasteiger charge is -2.10. The third-order valence-corrected chi connectivity index (χ3v) is 7.04. The first-order valence-electron chi connectivity index (χ1n) is 10.0. The number of hydrogen-bond acceptors (Lipinski definition) is 8. The van der Waals surface area contributed by atoms with Crippen molar-refractivity contribution in [1.82, 2.24) is 20.3 Å². The number of carbonyl (C=O) groups excluding carboxylic acids is 2. The Morgan fingerprint density at radius 2 is 1.85 bits per heavy atom. The Kier molecular flexibility index (Phi) is 7.17. The molecule has 33 heavy (non-hydrogen) atoms. The maximum atomic E-state index is 13.1. The van der Waals surface area contributed by atoms with E-state index in [1.807, 2.05) is 60.3 Å².